The Hall–Kier alpha value is -3.94. The van der Waals surface area contributed by atoms with Crippen molar-refractivity contribution in [2.75, 3.05) is 17.3 Å². The van der Waals surface area contributed by atoms with Gasteiger partial charge < -0.3 is 15.0 Å². The number of anilines is 2. The molecule has 4 rings (SSSR count). The number of fused-ring (bicyclic) bond motifs is 1. The molecule has 0 bridgehead atoms. The highest BCUT2D eigenvalue weighted by Crippen LogP contribution is 2.32. The Balaban J connectivity index is 1.56. The van der Waals surface area contributed by atoms with Gasteiger partial charge in [0.2, 0.25) is 5.91 Å². The van der Waals surface area contributed by atoms with E-state index >= 15 is 0 Å². The summed E-state index contributed by atoms with van der Waals surface area (Å²) in [5, 5.41) is 6.93. The molecule has 1 aliphatic heterocycles. The third kappa shape index (κ3) is 4.12. The van der Waals surface area contributed by atoms with Crippen molar-refractivity contribution in [3.05, 3.63) is 81.8 Å². The number of aromatic nitrogens is 2. The maximum atomic E-state index is 13.2. The zero-order valence-electron chi connectivity index (χ0n) is 18.2. The number of rotatable bonds is 5. The number of aryl methyl sites for hydroxylation is 1. The van der Waals surface area contributed by atoms with Gasteiger partial charge in [0.1, 0.15) is 18.0 Å². The zero-order chi connectivity index (χ0) is 22.8. The van der Waals surface area contributed by atoms with E-state index in [1.807, 2.05) is 44.2 Å². The molecular formula is C24H24N4O4. The van der Waals surface area contributed by atoms with Crippen molar-refractivity contribution in [2.24, 2.45) is 0 Å². The summed E-state index contributed by atoms with van der Waals surface area (Å²) in [5.74, 6) is -0.250. The average Bonchev–Trinajstić information content (AvgIpc) is 3.10. The maximum absolute atomic E-state index is 13.2. The Morgan fingerprint density at radius 1 is 1.16 bits per heavy atom. The number of para-hydroxylation sites is 1. The van der Waals surface area contributed by atoms with E-state index in [1.54, 1.807) is 17.0 Å². The highest BCUT2D eigenvalue weighted by molar-refractivity contribution is 6.06. The predicted molar refractivity (Wildman–Crippen MR) is 121 cm³/mol. The lowest BCUT2D eigenvalue weighted by Gasteiger charge is -2.22. The van der Waals surface area contributed by atoms with Crippen molar-refractivity contribution in [3.63, 3.8) is 0 Å². The first kappa shape index (κ1) is 21.3. The van der Waals surface area contributed by atoms with Gasteiger partial charge in [-0.25, -0.2) is 4.68 Å². The molecule has 3 aromatic rings. The molecule has 2 heterocycles. The Morgan fingerprint density at radius 3 is 2.72 bits per heavy atom. The van der Waals surface area contributed by atoms with Gasteiger partial charge in [0.25, 0.3) is 11.5 Å². The van der Waals surface area contributed by atoms with Gasteiger partial charge in [-0.2, -0.15) is 5.10 Å². The Bertz CT molecular complexity index is 1250. The molecule has 1 aromatic heterocycles. The maximum Gasteiger partial charge on any atom is 0.278 e. The van der Waals surface area contributed by atoms with Crippen LogP contribution in [0.2, 0.25) is 0 Å². The fourth-order valence-corrected chi connectivity index (χ4v) is 3.92. The number of carbonyl (C=O) groups excluding carboxylic acids is 2. The summed E-state index contributed by atoms with van der Waals surface area (Å²) in [6.45, 7) is 3.54. The van der Waals surface area contributed by atoms with Crippen LogP contribution in [0, 0.1) is 6.92 Å². The van der Waals surface area contributed by atoms with Crippen molar-refractivity contribution >= 4 is 23.2 Å². The van der Waals surface area contributed by atoms with E-state index in [4.69, 9.17) is 4.74 Å². The van der Waals surface area contributed by atoms with Crippen LogP contribution in [-0.4, -0.2) is 34.7 Å². The van der Waals surface area contributed by atoms with Crippen molar-refractivity contribution in [3.8, 4) is 5.75 Å². The summed E-state index contributed by atoms with van der Waals surface area (Å²) in [7, 11) is 1.51. The minimum Gasteiger partial charge on any atom is -0.495 e. The Morgan fingerprint density at radius 2 is 1.94 bits per heavy atom. The second-order valence-corrected chi connectivity index (χ2v) is 7.82. The number of nitrogens with one attached hydrogen (secondary N) is 1. The fraction of sp³-hybridized carbons (Fsp3) is 0.250. The molecule has 2 amide bonds. The molecule has 0 radical (unpaired) electrons. The summed E-state index contributed by atoms with van der Waals surface area (Å²) in [6.07, 6.45) is 0.752. The van der Waals surface area contributed by atoms with Gasteiger partial charge in [0.15, 0.2) is 0 Å². The van der Waals surface area contributed by atoms with E-state index in [1.165, 1.54) is 19.2 Å². The molecule has 1 aliphatic rings. The van der Waals surface area contributed by atoms with E-state index in [0.29, 0.717) is 11.4 Å². The summed E-state index contributed by atoms with van der Waals surface area (Å²) in [6, 6.07) is 15.8. The van der Waals surface area contributed by atoms with Crippen molar-refractivity contribution in [1.82, 2.24) is 9.78 Å². The van der Waals surface area contributed by atoms with Gasteiger partial charge in [0, 0.05) is 17.8 Å². The number of hydrogen-bond acceptors (Lipinski definition) is 5. The molecule has 32 heavy (non-hydrogen) atoms. The number of hydrogen-bond donors (Lipinski definition) is 1. The van der Waals surface area contributed by atoms with Gasteiger partial charge in [-0.1, -0.05) is 24.3 Å². The third-order valence-electron chi connectivity index (χ3n) is 5.43. The van der Waals surface area contributed by atoms with Gasteiger partial charge in [0.05, 0.1) is 12.8 Å². The molecule has 164 valence electrons. The zero-order valence-corrected chi connectivity index (χ0v) is 18.2. The first-order valence-electron chi connectivity index (χ1n) is 10.3. The molecule has 1 N–H and O–H groups in total. The lowest BCUT2D eigenvalue weighted by atomic mass is 10.1. The normalized spacial score (nSPS) is 14.7. The van der Waals surface area contributed by atoms with Crippen LogP contribution >= 0.6 is 0 Å². The molecule has 1 atom stereocenters. The van der Waals surface area contributed by atoms with Crippen LogP contribution in [0.25, 0.3) is 0 Å². The van der Waals surface area contributed by atoms with Gasteiger partial charge >= 0.3 is 0 Å². The minimum absolute atomic E-state index is 0.0286. The Labute approximate surface area is 185 Å². The van der Waals surface area contributed by atoms with Gasteiger partial charge in [-0.3, -0.25) is 14.4 Å². The first-order valence-corrected chi connectivity index (χ1v) is 10.3. The highest BCUT2D eigenvalue weighted by Gasteiger charge is 2.32. The molecule has 0 saturated carbocycles. The van der Waals surface area contributed by atoms with E-state index in [0.717, 1.165) is 27.9 Å². The molecule has 0 fully saturated rings. The first-order chi connectivity index (χ1) is 15.4. The Kier molecular flexibility index (Phi) is 5.77. The predicted octanol–water partition coefficient (Wildman–Crippen LogP) is 2.79. The summed E-state index contributed by atoms with van der Waals surface area (Å²) >= 11 is 0. The summed E-state index contributed by atoms with van der Waals surface area (Å²) < 4.78 is 6.27. The smallest absolute Gasteiger partial charge is 0.278 e. The topological polar surface area (TPSA) is 93.5 Å². The van der Waals surface area contributed by atoms with E-state index in [9.17, 15) is 14.4 Å². The van der Waals surface area contributed by atoms with Crippen LogP contribution in [-0.2, 0) is 17.8 Å². The minimum atomic E-state index is -0.470. The van der Waals surface area contributed by atoms with Gasteiger partial charge in [-0.05, 0) is 55.7 Å². The number of benzene rings is 2. The van der Waals surface area contributed by atoms with Crippen LogP contribution in [0.1, 0.15) is 28.5 Å². The van der Waals surface area contributed by atoms with Gasteiger partial charge in [-0.15, -0.1) is 0 Å². The van der Waals surface area contributed by atoms with Crippen LogP contribution < -0.4 is 20.5 Å². The summed E-state index contributed by atoms with van der Waals surface area (Å²) in [4.78, 5) is 39.8. The number of ether oxygens (including phenoxy) is 1. The number of amides is 2. The average molecular weight is 432 g/mol. The fourth-order valence-electron chi connectivity index (χ4n) is 3.92. The van der Waals surface area contributed by atoms with Crippen LogP contribution in [0.5, 0.6) is 5.75 Å². The lowest BCUT2D eigenvalue weighted by molar-refractivity contribution is -0.117. The molecule has 2 aromatic carbocycles. The molecule has 8 heteroatoms. The van der Waals surface area contributed by atoms with Crippen molar-refractivity contribution < 1.29 is 14.3 Å². The molecule has 0 aliphatic carbocycles. The van der Waals surface area contributed by atoms with E-state index in [2.05, 4.69) is 10.4 Å². The molecule has 0 saturated heterocycles. The largest absolute Gasteiger partial charge is 0.495 e. The second-order valence-electron chi connectivity index (χ2n) is 7.82. The van der Waals surface area contributed by atoms with Crippen molar-refractivity contribution in [1.29, 1.82) is 0 Å². The number of methoxy groups -OCH3 is 1. The van der Waals surface area contributed by atoms with E-state index in [-0.39, 0.29) is 24.2 Å². The molecule has 8 nitrogen and oxygen atoms in total. The quantitative estimate of drug-likeness (QED) is 0.669. The monoisotopic (exact) mass is 432 g/mol. The third-order valence-corrected chi connectivity index (χ3v) is 5.43. The molecular weight excluding hydrogens is 408 g/mol. The highest BCUT2D eigenvalue weighted by atomic mass is 16.5. The second kappa shape index (κ2) is 8.66. The van der Waals surface area contributed by atoms with Crippen LogP contribution in [0.15, 0.2) is 59.4 Å². The SMILES string of the molecule is COc1ccc(C)cc1NC(=O)Cn1nc(C(=O)N2c3ccccc3C[C@H]2C)ccc1=O. The number of carbonyl (C=O) groups is 2. The van der Waals surface area contributed by atoms with Crippen molar-refractivity contribution in [2.45, 2.75) is 32.9 Å². The molecule has 0 unspecified atom stereocenters. The molecule has 0 spiro atoms. The van der Waals surface area contributed by atoms with E-state index < -0.39 is 11.5 Å². The number of nitrogens with zero attached hydrogens (tertiary/aromatic N) is 3. The van der Waals surface area contributed by atoms with Crippen LogP contribution in [0.3, 0.4) is 0 Å². The summed E-state index contributed by atoms with van der Waals surface area (Å²) in [5.41, 5.74) is 3.02. The standard InChI is InChI=1S/C24H24N4O4/c1-15-8-10-21(32-3)19(12-15)25-22(29)14-27-23(30)11-9-18(26-27)24(31)28-16(2)13-17-6-4-5-7-20(17)28/h4-12,16H,13-14H2,1-3H3,(H,25,29)/t16-/m1/s1. The lowest BCUT2D eigenvalue weighted by Crippen LogP contribution is -2.38. The van der Waals surface area contributed by atoms with Crippen LogP contribution in [0.4, 0.5) is 11.4 Å².